The molecular weight excluding hydrogens is 384 g/mol. The predicted octanol–water partition coefficient (Wildman–Crippen LogP) is 2.85. The van der Waals surface area contributed by atoms with Gasteiger partial charge >= 0.3 is 0 Å². The molecule has 7 heteroatoms. The highest BCUT2D eigenvalue weighted by atomic mass is 32.1. The van der Waals surface area contributed by atoms with Crippen molar-refractivity contribution in [2.24, 2.45) is 10.9 Å². The standard InChI is InChI=1S/C22H34N4O2S/c1-3-23-22(24-15-17-8-10-26(11-9-17)12-13-28-2)25-16-19(27)21-14-18-6-4-5-7-20(18)29-21/h4-7,14,17,19,27H,3,8-13,15-16H2,1-2H3,(H2,23,24,25). The number of aliphatic imine (C=N–C) groups is 1. The van der Waals surface area contributed by atoms with Crippen molar-refractivity contribution in [1.82, 2.24) is 15.5 Å². The Balaban J connectivity index is 1.48. The van der Waals surface area contributed by atoms with Crippen molar-refractivity contribution in [3.8, 4) is 0 Å². The molecule has 1 fully saturated rings. The Morgan fingerprint density at radius 3 is 2.83 bits per heavy atom. The lowest BCUT2D eigenvalue weighted by molar-refractivity contribution is 0.121. The minimum absolute atomic E-state index is 0.359. The van der Waals surface area contributed by atoms with Crippen molar-refractivity contribution >= 4 is 27.4 Å². The summed E-state index contributed by atoms with van der Waals surface area (Å²) in [7, 11) is 1.76. The third kappa shape index (κ3) is 6.67. The maximum Gasteiger partial charge on any atom is 0.191 e. The molecule has 1 aliphatic heterocycles. The van der Waals surface area contributed by atoms with Crippen LogP contribution < -0.4 is 10.6 Å². The van der Waals surface area contributed by atoms with Crippen LogP contribution in [0.3, 0.4) is 0 Å². The molecule has 0 aliphatic carbocycles. The molecule has 2 heterocycles. The summed E-state index contributed by atoms with van der Waals surface area (Å²) in [6.07, 6.45) is 1.81. The van der Waals surface area contributed by atoms with Crippen LogP contribution in [0.2, 0.25) is 0 Å². The molecule has 0 bridgehead atoms. The summed E-state index contributed by atoms with van der Waals surface area (Å²) in [5.41, 5.74) is 0. The van der Waals surface area contributed by atoms with Gasteiger partial charge < -0.3 is 25.4 Å². The summed E-state index contributed by atoms with van der Waals surface area (Å²) in [4.78, 5) is 8.06. The van der Waals surface area contributed by atoms with E-state index in [1.54, 1.807) is 18.4 Å². The number of benzene rings is 1. The van der Waals surface area contributed by atoms with Crippen LogP contribution in [0.4, 0.5) is 0 Å². The van der Waals surface area contributed by atoms with Crippen LogP contribution in [0.25, 0.3) is 10.1 Å². The molecule has 29 heavy (non-hydrogen) atoms. The van der Waals surface area contributed by atoms with E-state index in [9.17, 15) is 5.11 Å². The fourth-order valence-electron chi connectivity index (χ4n) is 3.65. The Morgan fingerprint density at radius 2 is 2.10 bits per heavy atom. The second-order valence-electron chi connectivity index (χ2n) is 7.58. The van der Waals surface area contributed by atoms with E-state index >= 15 is 0 Å². The van der Waals surface area contributed by atoms with E-state index in [4.69, 9.17) is 4.74 Å². The number of piperidine rings is 1. The van der Waals surface area contributed by atoms with E-state index in [1.165, 1.54) is 22.9 Å². The fraction of sp³-hybridized carbons (Fsp3) is 0.591. The molecule has 3 rings (SSSR count). The summed E-state index contributed by atoms with van der Waals surface area (Å²) >= 11 is 1.64. The first-order chi connectivity index (χ1) is 14.2. The molecule has 2 aromatic rings. The van der Waals surface area contributed by atoms with Gasteiger partial charge in [0.2, 0.25) is 0 Å². The van der Waals surface area contributed by atoms with Gasteiger partial charge in [0.25, 0.3) is 0 Å². The number of methoxy groups -OCH3 is 1. The normalized spacial score (nSPS) is 17.6. The minimum atomic E-state index is -0.577. The van der Waals surface area contributed by atoms with E-state index in [2.05, 4.69) is 45.6 Å². The van der Waals surface area contributed by atoms with Crippen molar-refractivity contribution in [2.75, 3.05) is 53.0 Å². The predicted molar refractivity (Wildman–Crippen MR) is 122 cm³/mol. The molecular formula is C22H34N4O2S. The van der Waals surface area contributed by atoms with Crippen molar-refractivity contribution < 1.29 is 9.84 Å². The number of likely N-dealkylation sites (tertiary alicyclic amines) is 1. The molecule has 160 valence electrons. The summed E-state index contributed by atoms with van der Waals surface area (Å²) in [6, 6.07) is 10.3. The van der Waals surface area contributed by atoms with Gasteiger partial charge in [-0.25, -0.2) is 0 Å². The number of rotatable bonds is 9. The lowest BCUT2D eigenvalue weighted by Crippen LogP contribution is -2.43. The van der Waals surface area contributed by atoms with Gasteiger partial charge in [0.05, 0.1) is 13.2 Å². The van der Waals surface area contributed by atoms with E-state index in [0.717, 1.165) is 50.2 Å². The minimum Gasteiger partial charge on any atom is -0.386 e. The topological polar surface area (TPSA) is 69.1 Å². The number of ether oxygens (including phenoxy) is 1. The van der Waals surface area contributed by atoms with Gasteiger partial charge in [0.1, 0.15) is 6.10 Å². The second-order valence-corrected chi connectivity index (χ2v) is 8.70. The molecule has 0 radical (unpaired) electrons. The van der Waals surface area contributed by atoms with Gasteiger partial charge in [0.15, 0.2) is 5.96 Å². The number of fused-ring (bicyclic) bond motifs is 1. The summed E-state index contributed by atoms with van der Waals surface area (Å²) in [5, 5.41) is 18.5. The van der Waals surface area contributed by atoms with Gasteiger partial charge in [-0.05, 0) is 56.3 Å². The molecule has 1 atom stereocenters. The smallest absolute Gasteiger partial charge is 0.191 e. The largest absolute Gasteiger partial charge is 0.386 e. The van der Waals surface area contributed by atoms with Crippen LogP contribution in [0, 0.1) is 5.92 Å². The summed E-state index contributed by atoms with van der Waals surface area (Å²) in [6.45, 7) is 8.25. The second kappa shape index (κ2) is 11.5. The van der Waals surface area contributed by atoms with E-state index < -0.39 is 6.10 Å². The van der Waals surface area contributed by atoms with Crippen LogP contribution in [0.5, 0.6) is 0 Å². The molecule has 0 amide bonds. The van der Waals surface area contributed by atoms with Crippen LogP contribution in [-0.4, -0.2) is 69.0 Å². The van der Waals surface area contributed by atoms with Gasteiger partial charge in [0, 0.05) is 36.3 Å². The lowest BCUT2D eigenvalue weighted by Gasteiger charge is -2.32. The molecule has 1 unspecified atom stereocenters. The third-order valence-corrected chi connectivity index (χ3v) is 6.63. The molecule has 1 aliphatic rings. The molecule has 6 nitrogen and oxygen atoms in total. The quantitative estimate of drug-likeness (QED) is 0.432. The van der Waals surface area contributed by atoms with Crippen LogP contribution in [-0.2, 0) is 4.74 Å². The maximum absolute atomic E-state index is 10.6. The zero-order valence-electron chi connectivity index (χ0n) is 17.6. The molecule has 3 N–H and O–H groups in total. The number of aliphatic hydroxyl groups excluding tert-OH is 1. The number of thiophene rings is 1. The van der Waals surface area contributed by atoms with Crippen molar-refractivity contribution in [3.05, 3.63) is 35.2 Å². The molecule has 1 aromatic carbocycles. The Morgan fingerprint density at radius 1 is 1.31 bits per heavy atom. The number of nitrogens with zero attached hydrogens (tertiary/aromatic N) is 2. The van der Waals surface area contributed by atoms with Crippen LogP contribution >= 0.6 is 11.3 Å². The van der Waals surface area contributed by atoms with Crippen LogP contribution in [0.15, 0.2) is 35.3 Å². The fourth-order valence-corrected chi connectivity index (χ4v) is 4.69. The first kappa shape index (κ1) is 22.0. The average Bonchev–Trinajstić information content (AvgIpc) is 3.19. The van der Waals surface area contributed by atoms with E-state index in [1.807, 2.05) is 12.1 Å². The van der Waals surface area contributed by atoms with Crippen molar-refractivity contribution in [2.45, 2.75) is 25.9 Å². The highest BCUT2D eigenvalue weighted by Gasteiger charge is 2.19. The third-order valence-electron chi connectivity index (χ3n) is 5.42. The maximum atomic E-state index is 10.6. The van der Waals surface area contributed by atoms with Gasteiger partial charge in [-0.2, -0.15) is 0 Å². The Hall–Kier alpha value is -1.67. The lowest BCUT2D eigenvalue weighted by atomic mass is 9.97. The molecule has 0 saturated carbocycles. The first-order valence-electron chi connectivity index (χ1n) is 10.6. The first-order valence-corrected chi connectivity index (χ1v) is 11.4. The highest BCUT2D eigenvalue weighted by molar-refractivity contribution is 7.19. The zero-order chi connectivity index (χ0) is 20.5. The van der Waals surface area contributed by atoms with E-state index in [-0.39, 0.29) is 0 Å². The Bertz CT molecular complexity index is 738. The van der Waals surface area contributed by atoms with E-state index in [0.29, 0.717) is 12.5 Å². The molecule has 1 aromatic heterocycles. The highest BCUT2D eigenvalue weighted by Crippen LogP contribution is 2.29. The number of hydrogen-bond donors (Lipinski definition) is 3. The SMILES string of the molecule is CCNC(=NCC(O)c1cc2ccccc2s1)NCC1CCN(CCOC)CC1. The molecule has 1 saturated heterocycles. The average molecular weight is 419 g/mol. The molecule has 0 spiro atoms. The zero-order valence-corrected chi connectivity index (χ0v) is 18.4. The van der Waals surface area contributed by atoms with Gasteiger partial charge in [-0.15, -0.1) is 11.3 Å². The number of nitrogens with one attached hydrogen (secondary N) is 2. The summed E-state index contributed by atoms with van der Waals surface area (Å²) in [5.74, 6) is 1.44. The Labute approximate surface area is 178 Å². The summed E-state index contributed by atoms with van der Waals surface area (Å²) < 4.78 is 6.38. The number of guanidine groups is 1. The van der Waals surface area contributed by atoms with Crippen molar-refractivity contribution in [1.29, 1.82) is 0 Å². The van der Waals surface area contributed by atoms with Crippen LogP contribution in [0.1, 0.15) is 30.7 Å². The monoisotopic (exact) mass is 418 g/mol. The van der Waals surface area contributed by atoms with Gasteiger partial charge in [-0.3, -0.25) is 4.99 Å². The number of hydrogen-bond acceptors (Lipinski definition) is 5. The van der Waals surface area contributed by atoms with Crippen molar-refractivity contribution in [3.63, 3.8) is 0 Å². The Kier molecular flexibility index (Phi) is 8.73. The van der Waals surface area contributed by atoms with Gasteiger partial charge in [-0.1, -0.05) is 18.2 Å². The number of aliphatic hydroxyl groups is 1.